The fourth-order valence-corrected chi connectivity index (χ4v) is 6.44. The predicted octanol–water partition coefficient (Wildman–Crippen LogP) is 3.83. The van der Waals surface area contributed by atoms with Crippen LogP contribution in [0.5, 0.6) is 0 Å². The van der Waals surface area contributed by atoms with Crippen LogP contribution in [-0.4, -0.2) is 83.8 Å². The summed E-state index contributed by atoms with van der Waals surface area (Å²) in [6, 6.07) is 10.9. The number of carbonyl (C=O) groups is 2. The van der Waals surface area contributed by atoms with Crippen LogP contribution in [0.3, 0.4) is 0 Å². The van der Waals surface area contributed by atoms with Crippen LogP contribution in [0.25, 0.3) is 21.5 Å². The summed E-state index contributed by atoms with van der Waals surface area (Å²) in [5.74, 6) is -0.335. The van der Waals surface area contributed by atoms with Crippen LogP contribution in [0.4, 0.5) is 0 Å². The van der Waals surface area contributed by atoms with Crippen LogP contribution >= 0.6 is 22.9 Å². The number of sulfone groups is 1. The number of hydrogen-bond acceptors (Lipinski definition) is 9. The highest BCUT2D eigenvalue weighted by atomic mass is 35.5. The van der Waals surface area contributed by atoms with Crippen molar-refractivity contribution in [3.8, 4) is 10.6 Å². The topological polar surface area (TPSA) is 139 Å². The number of nitrogens with one attached hydrogen (secondary N) is 2. The number of hydrogen-bond donors (Lipinski definition) is 2. The molecule has 1 aliphatic heterocycles. The minimum atomic E-state index is -3.22. The van der Waals surface area contributed by atoms with Crippen LogP contribution in [-0.2, 0) is 16.4 Å². The molecular weight excluding hydrogens is 600 g/mol. The Labute approximate surface area is 253 Å². The zero-order chi connectivity index (χ0) is 30.0. The maximum atomic E-state index is 13.5. The Morgan fingerprint density at radius 1 is 1.14 bits per heavy atom. The molecule has 1 saturated heterocycles. The van der Waals surface area contributed by atoms with Crippen molar-refractivity contribution in [2.75, 3.05) is 31.6 Å². The zero-order valence-corrected chi connectivity index (χ0v) is 26.0. The van der Waals surface area contributed by atoms with E-state index >= 15 is 0 Å². The lowest BCUT2D eigenvalue weighted by atomic mass is 10.0. The van der Waals surface area contributed by atoms with Gasteiger partial charge in [-0.05, 0) is 57.0 Å². The summed E-state index contributed by atoms with van der Waals surface area (Å²) in [5.41, 5.74) is 1.75. The van der Waals surface area contributed by atoms with Crippen LogP contribution in [0, 0.1) is 0 Å². The van der Waals surface area contributed by atoms with Gasteiger partial charge in [0.15, 0.2) is 11.5 Å². The summed E-state index contributed by atoms with van der Waals surface area (Å²) in [6.07, 6.45) is 2.79. The number of aromatic nitrogens is 3. The van der Waals surface area contributed by atoms with E-state index in [0.717, 1.165) is 37.1 Å². The van der Waals surface area contributed by atoms with E-state index in [1.165, 1.54) is 11.3 Å². The molecule has 2 amide bonds. The van der Waals surface area contributed by atoms with E-state index in [1.807, 2.05) is 12.1 Å². The Bertz CT molecular complexity index is 1700. The second-order valence-corrected chi connectivity index (χ2v) is 14.8. The summed E-state index contributed by atoms with van der Waals surface area (Å²) in [6.45, 7) is 6.36. The first kappa shape index (κ1) is 30.2. The van der Waals surface area contributed by atoms with Gasteiger partial charge in [0.1, 0.15) is 15.5 Å². The van der Waals surface area contributed by atoms with Crippen molar-refractivity contribution in [3.63, 3.8) is 0 Å². The summed E-state index contributed by atoms with van der Waals surface area (Å²) >= 11 is 7.45. The first-order valence-electron chi connectivity index (χ1n) is 13.7. The standard InChI is InChI=1S/C28H33ClN6O5S2/c1-17(2)34-11-8-19(9-12-34)31-28(37)26-21-14-18(27(36)30-10-13-42(3,38)39)4-5-22(21)35(32-26)16-20-15-23(40-33-20)24-6-7-25(29)41-24/h4-7,14-15,17,19H,8-13,16H2,1-3H3,(H,30,36)(H,31,37). The van der Waals surface area contributed by atoms with Gasteiger partial charge in [-0.25, -0.2) is 8.42 Å². The van der Waals surface area contributed by atoms with Crippen molar-refractivity contribution in [1.29, 1.82) is 0 Å². The molecule has 42 heavy (non-hydrogen) atoms. The van der Waals surface area contributed by atoms with Gasteiger partial charge in [-0.15, -0.1) is 11.3 Å². The number of thiophene rings is 1. The quantitative estimate of drug-likeness (QED) is 0.269. The molecule has 4 heterocycles. The summed E-state index contributed by atoms with van der Waals surface area (Å²) < 4.78 is 30.8. The van der Waals surface area contributed by atoms with E-state index in [1.54, 1.807) is 28.9 Å². The molecule has 1 aromatic carbocycles. The van der Waals surface area contributed by atoms with Gasteiger partial charge in [0.05, 0.1) is 27.0 Å². The monoisotopic (exact) mass is 632 g/mol. The lowest BCUT2D eigenvalue weighted by molar-refractivity contribution is 0.0894. The molecule has 11 nitrogen and oxygen atoms in total. The first-order valence-corrected chi connectivity index (χ1v) is 16.9. The lowest BCUT2D eigenvalue weighted by Gasteiger charge is -2.34. The SMILES string of the molecule is CC(C)N1CCC(NC(=O)c2nn(Cc3cc(-c4ccc(Cl)s4)on3)c3ccc(C(=O)NCCS(C)(=O)=O)cc23)CC1. The van der Waals surface area contributed by atoms with Crippen molar-refractivity contribution in [1.82, 2.24) is 30.5 Å². The van der Waals surface area contributed by atoms with Gasteiger partial charge >= 0.3 is 0 Å². The van der Waals surface area contributed by atoms with Gasteiger partial charge in [-0.3, -0.25) is 14.3 Å². The second kappa shape index (κ2) is 12.5. The van der Waals surface area contributed by atoms with Gasteiger partial charge in [0, 0.05) is 55.0 Å². The average molecular weight is 633 g/mol. The lowest BCUT2D eigenvalue weighted by Crippen LogP contribution is -2.46. The smallest absolute Gasteiger partial charge is 0.272 e. The number of rotatable bonds is 10. The number of likely N-dealkylation sites (tertiary alicyclic amines) is 1. The number of piperidine rings is 1. The molecular formula is C28H33ClN6O5S2. The van der Waals surface area contributed by atoms with E-state index in [4.69, 9.17) is 16.1 Å². The fourth-order valence-electron chi connectivity index (χ4n) is 4.98. The Balaban J connectivity index is 1.41. The van der Waals surface area contributed by atoms with Gasteiger partial charge in [0.2, 0.25) is 0 Å². The highest BCUT2D eigenvalue weighted by Crippen LogP contribution is 2.32. The maximum absolute atomic E-state index is 13.5. The molecule has 0 bridgehead atoms. The highest BCUT2D eigenvalue weighted by Gasteiger charge is 2.26. The molecule has 5 rings (SSSR count). The first-order chi connectivity index (χ1) is 20.0. The van der Waals surface area contributed by atoms with Gasteiger partial charge in [-0.2, -0.15) is 5.10 Å². The molecule has 0 radical (unpaired) electrons. The van der Waals surface area contributed by atoms with Crippen molar-refractivity contribution < 1.29 is 22.5 Å². The molecule has 0 atom stereocenters. The highest BCUT2D eigenvalue weighted by molar-refractivity contribution is 7.90. The van der Waals surface area contributed by atoms with Crippen LogP contribution in [0.1, 0.15) is 53.2 Å². The van der Waals surface area contributed by atoms with Crippen molar-refractivity contribution in [2.24, 2.45) is 0 Å². The fraction of sp³-hybridized carbons (Fsp3) is 0.429. The Morgan fingerprint density at radius 2 is 1.90 bits per heavy atom. The molecule has 2 N–H and O–H groups in total. The molecule has 14 heteroatoms. The second-order valence-electron chi connectivity index (χ2n) is 10.8. The largest absolute Gasteiger partial charge is 0.355 e. The third-order valence-corrected chi connectivity index (χ3v) is 9.46. The van der Waals surface area contributed by atoms with Crippen LogP contribution < -0.4 is 10.6 Å². The van der Waals surface area contributed by atoms with E-state index in [9.17, 15) is 18.0 Å². The number of halogens is 1. The zero-order valence-electron chi connectivity index (χ0n) is 23.6. The Morgan fingerprint density at radius 3 is 2.57 bits per heavy atom. The van der Waals surface area contributed by atoms with E-state index in [0.29, 0.717) is 38.3 Å². The van der Waals surface area contributed by atoms with Crippen molar-refractivity contribution in [2.45, 2.75) is 45.3 Å². The average Bonchev–Trinajstić information content (AvgIpc) is 3.67. The molecule has 1 aliphatic rings. The maximum Gasteiger partial charge on any atom is 0.272 e. The molecule has 0 spiro atoms. The summed E-state index contributed by atoms with van der Waals surface area (Å²) in [5, 5.41) is 15.1. The van der Waals surface area contributed by atoms with Crippen molar-refractivity contribution in [3.05, 3.63) is 57.7 Å². The summed E-state index contributed by atoms with van der Waals surface area (Å²) in [4.78, 5) is 29.6. The van der Waals surface area contributed by atoms with Gasteiger partial charge < -0.3 is 20.1 Å². The van der Waals surface area contributed by atoms with E-state index in [-0.39, 0.29) is 36.5 Å². The number of amides is 2. The molecule has 1 fully saturated rings. The van der Waals surface area contributed by atoms with Gasteiger partial charge in [0.25, 0.3) is 11.8 Å². The summed E-state index contributed by atoms with van der Waals surface area (Å²) in [7, 11) is -3.22. The van der Waals surface area contributed by atoms with Crippen LogP contribution in [0.15, 0.2) is 40.9 Å². The van der Waals surface area contributed by atoms with E-state index in [2.05, 4.69) is 39.6 Å². The number of benzene rings is 1. The predicted molar refractivity (Wildman–Crippen MR) is 163 cm³/mol. The molecule has 3 aromatic heterocycles. The number of fused-ring (bicyclic) bond motifs is 1. The molecule has 0 saturated carbocycles. The third-order valence-electron chi connectivity index (χ3n) is 7.27. The molecule has 0 unspecified atom stereocenters. The number of nitrogens with zero attached hydrogens (tertiary/aromatic N) is 4. The molecule has 0 aliphatic carbocycles. The van der Waals surface area contributed by atoms with E-state index < -0.39 is 15.7 Å². The Kier molecular flexibility index (Phi) is 9.02. The van der Waals surface area contributed by atoms with Crippen molar-refractivity contribution >= 4 is 55.5 Å². The minimum Gasteiger partial charge on any atom is -0.355 e. The third kappa shape index (κ3) is 7.20. The normalized spacial score (nSPS) is 15.0. The van der Waals surface area contributed by atoms with Crippen LogP contribution in [0.2, 0.25) is 4.34 Å². The molecule has 224 valence electrons. The van der Waals surface area contributed by atoms with Gasteiger partial charge in [-0.1, -0.05) is 16.8 Å². The molecule has 4 aromatic rings. The number of carbonyl (C=O) groups excluding carboxylic acids is 2. The minimum absolute atomic E-state index is 0.0126. The Hall–Kier alpha value is -3.26.